The van der Waals surface area contributed by atoms with Crippen LogP contribution in [0, 0.1) is 5.92 Å². The summed E-state index contributed by atoms with van der Waals surface area (Å²) in [5.41, 5.74) is 0. The Bertz CT molecular complexity index is 177. The minimum Gasteiger partial charge on any atom is -0.215 e. The monoisotopic (exact) mass is 200 g/mol. The highest BCUT2D eigenvalue weighted by Crippen LogP contribution is 1.92. The highest BCUT2D eigenvalue weighted by molar-refractivity contribution is 7.89. The average Bonchev–Trinajstić information content (AvgIpc) is 1.85. The average molecular weight is 201 g/mol. The maximum Gasteiger partial charge on any atom is 0.211 e. The second-order valence-corrected chi connectivity index (χ2v) is 4.53. The van der Waals surface area contributed by atoms with Crippen LogP contribution in [0.1, 0.15) is 20.8 Å². The molecule has 0 atom stereocenters. The molecule has 0 amide bonds. The van der Waals surface area contributed by atoms with Crippen LogP contribution in [0.3, 0.4) is 0 Å². The first-order chi connectivity index (χ1) is 4.48. The highest BCUT2D eigenvalue weighted by Gasteiger charge is 2.05. The quantitative estimate of drug-likeness (QED) is 0.735. The molecule has 0 aliphatic carbocycles. The van der Waals surface area contributed by atoms with E-state index in [0.29, 0.717) is 6.54 Å². The zero-order chi connectivity index (χ0) is 8.20. The van der Waals surface area contributed by atoms with Crippen molar-refractivity contribution in [3.05, 3.63) is 5.92 Å². The van der Waals surface area contributed by atoms with E-state index in [9.17, 15) is 8.42 Å². The molecule has 11 heavy (non-hydrogen) atoms. The molecule has 0 aliphatic heterocycles. The molecule has 0 saturated heterocycles. The van der Waals surface area contributed by atoms with Crippen LogP contribution in [0.5, 0.6) is 0 Å². The van der Waals surface area contributed by atoms with Gasteiger partial charge in [-0.3, -0.25) is 0 Å². The van der Waals surface area contributed by atoms with E-state index >= 15 is 0 Å². The molecule has 3 nitrogen and oxygen atoms in total. The lowest BCUT2D eigenvalue weighted by molar-refractivity contribution is 0.583. The van der Waals surface area contributed by atoms with Crippen LogP contribution in [0.4, 0.5) is 0 Å². The maximum absolute atomic E-state index is 10.8. The molecule has 0 saturated carbocycles. The Labute approximate surface area is 75.0 Å². The van der Waals surface area contributed by atoms with Crippen LogP contribution in [0.2, 0.25) is 0 Å². The molecule has 0 aromatic rings. The molecule has 0 aromatic carbocycles. The fourth-order valence-electron chi connectivity index (χ4n) is 0.356. The third-order valence-corrected chi connectivity index (χ3v) is 2.37. The van der Waals surface area contributed by atoms with Gasteiger partial charge in [-0.1, -0.05) is 13.8 Å². The van der Waals surface area contributed by atoms with Crippen molar-refractivity contribution in [2.75, 3.05) is 12.3 Å². The van der Waals surface area contributed by atoms with Gasteiger partial charge in [-0.2, -0.15) is 0 Å². The second kappa shape index (κ2) is 5.80. The normalized spacial score (nSPS) is 11.3. The van der Waals surface area contributed by atoms with E-state index in [0.717, 1.165) is 5.92 Å². The Morgan fingerprint density at radius 1 is 1.36 bits per heavy atom. The van der Waals surface area contributed by atoms with E-state index in [1.165, 1.54) is 0 Å². The number of hydrogen-bond donors (Lipinski definition) is 1. The van der Waals surface area contributed by atoms with Gasteiger partial charge >= 0.3 is 0 Å². The van der Waals surface area contributed by atoms with E-state index < -0.39 is 10.0 Å². The maximum atomic E-state index is 10.8. The first-order valence-corrected chi connectivity index (χ1v) is 4.89. The standard InChI is InChI=1S/C6H14NO2S.ClH/c1-4-10(8,9)7-5-6(2)3;/h7H,4-5H2,1-3H3;1H. The summed E-state index contributed by atoms with van der Waals surface area (Å²) in [5, 5.41) is 0. The number of sulfonamides is 1. The van der Waals surface area contributed by atoms with E-state index in [4.69, 9.17) is 0 Å². The fourth-order valence-corrected chi connectivity index (χ4v) is 1.07. The van der Waals surface area contributed by atoms with Crippen molar-refractivity contribution in [2.24, 2.45) is 0 Å². The summed E-state index contributed by atoms with van der Waals surface area (Å²) in [7, 11) is -2.99. The first-order valence-electron chi connectivity index (χ1n) is 3.24. The van der Waals surface area contributed by atoms with Gasteiger partial charge < -0.3 is 0 Å². The van der Waals surface area contributed by atoms with Gasteiger partial charge in [-0.25, -0.2) is 13.1 Å². The molecule has 1 N–H and O–H groups in total. The van der Waals surface area contributed by atoms with Gasteiger partial charge in [0.1, 0.15) is 0 Å². The summed E-state index contributed by atoms with van der Waals surface area (Å²) in [6.45, 7) is 5.85. The van der Waals surface area contributed by atoms with Gasteiger partial charge in [0.2, 0.25) is 10.0 Å². The molecule has 0 fully saturated rings. The zero-order valence-corrected chi connectivity index (χ0v) is 8.68. The van der Waals surface area contributed by atoms with E-state index in [1.807, 2.05) is 13.8 Å². The Morgan fingerprint density at radius 3 is 2.09 bits per heavy atom. The van der Waals surface area contributed by atoms with Crippen molar-refractivity contribution >= 4 is 22.4 Å². The molecule has 5 heteroatoms. The molecule has 0 rings (SSSR count). The number of nitrogens with one attached hydrogen (secondary N) is 1. The van der Waals surface area contributed by atoms with Crippen LogP contribution in [0.25, 0.3) is 0 Å². The lowest BCUT2D eigenvalue weighted by Gasteiger charge is -2.05. The van der Waals surface area contributed by atoms with Crippen LogP contribution >= 0.6 is 12.4 Å². The lowest BCUT2D eigenvalue weighted by Crippen LogP contribution is -2.28. The minimum atomic E-state index is -2.99. The topological polar surface area (TPSA) is 46.2 Å². The Kier molecular flexibility index (Phi) is 7.26. The molecule has 0 unspecified atom stereocenters. The zero-order valence-electron chi connectivity index (χ0n) is 7.05. The van der Waals surface area contributed by atoms with Crippen LogP contribution in [-0.2, 0) is 10.0 Å². The van der Waals surface area contributed by atoms with Crippen molar-refractivity contribution in [1.29, 1.82) is 0 Å². The highest BCUT2D eigenvalue weighted by atomic mass is 35.5. The predicted octanol–water partition coefficient (Wildman–Crippen LogP) is 0.962. The molecular formula is C6H15ClNO2S. The number of hydrogen-bond acceptors (Lipinski definition) is 2. The number of rotatable bonds is 4. The third-order valence-electron chi connectivity index (χ3n) is 1.03. The summed E-state index contributed by atoms with van der Waals surface area (Å²) >= 11 is 0. The SMILES string of the molecule is CCS(=O)(=O)NC[C](C)C.Cl. The van der Waals surface area contributed by atoms with Gasteiger partial charge in [-0.15, -0.1) is 12.4 Å². The fraction of sp³-hybridized carbons (Fsp3) is 0.833. The van der Waals surface area contributed by atoms with Crippen LogP contribution < -0.4 is 4.72 Å². The van der Waals surface area contributed by atoms with Crippen molar-refractivity contribution in [2.45, 2.75) is 20.8 Å². The summed E-state index contributed by atoms with van der Waals surface area (Å²) in [6.07, 6.45) is 0. The van der Waals surface area contributed by atoms with E-state index in [1.54, 1.807) is 6.92 Å². The van der Waals surface area contributed by atoms with Gasteiger partial charge in [0.05, 0.1) is 5.75 Å². The molecule has 0 aromatic heterocycles. The minimum absolute atomic E-state index is 0. The Hall–Kier alpha value is 0.200. The van der Waals surface area contributed by atoms with E-state index in [-0.39, 0.29) is 18.2 Å². The molecular weight excluding hydrogens is 186 g/mol. The van der Waals surface area contributed by atoms with Gasteiger partial charge in [-0.05, 0) is 12.8 Å². The van der Waals surface area contributed by atoms with Crippen molar-refractivity contribution in [1.82, 2.24) is 4.72 Å². The molecule has 69 valence electrons. The lowest BCUT2D eigenvalue weighted by atomic mass is 10.2. The summed E-state index contributed by atoms with van der Waals surface area (Å²) in [5.74, 6) is 1.22. The van der Waals surface area contributed by atoms with Crippen molar-refractivity contribution in [3.8, 4) is 0 Å². The van der Waals surface area contributed by atoms with Gasteiger partial charge in [0.15, 0.2) is 0 Å². The summed E-state index contributed by atoms with van der Waals surface area (Å²) in [6, 6.07) is 0. The predicted molar refractivity (Wildman–Crippen MR) is 49.3 cm³/mol. The molecule has 0 aliphatic rings. The number of halogens is 1. The summed E-state index contributed by atoms with van der Waals surface area (Å²) < 4.78 is 24.0. The molecule has 0 spiro atoms. The Balaban J connectivity index is 0. The summed E-state index contributed by atoms with van der Waals surface area (Å²) in [4.78, 5) is 0. The van der Waals surface area contributed by atoms with Crippen molar-refractivity contribution in [3.63, 3.8) is 0 Å². The molecule has 1 radical (unpaired) electrons. The largest absolute Gasteiger partial charge is 0.215 e. The smallest absolute Gasteiger partial charge is 0.211 e. The third kappa shape index (κ3) is 8.10. The second-order valence-electron chi connectivity index (χ2n) is 2.43. The van der Waals surface area contributed by atoms with Crippen molar-refractivity contribution < 1.29 is 8.42 Å². The van der Waals surface area contributed by atoms with Crippen LogP contribution in [-0.4, -0.2) is 20.7 Å². The van der Waals surface area contributed by atoms with Gasteiger partial charge in [0.25, 0.3) is 0 Å². The molecule has 0 heterocycles. The Morgan fingerprint density at radius 2 is 1.82 bits per heavy atom. The molecule has 0 bridgehead atoms. The van der Waals surface area contributed by atoms with Gasteiger partial charge in [0, 0.05) is 6.54 Å². The van der Waals surface area contributed by atoms with Crippen LogP contribution in [0.15, 0.2) is 0 Å². The van der Waals surface area contributed by atoms with E-state index in [2.05, 4.69) is 4.72 Å². The first kappa shape index (κ1) is 13.8.